The highest BCUT2D eigenvalue weighted by Crippen LogP contribution is 2.34. The molecule has 148 valence electrons. The Kier molecular flexibility index (Phi) is 5.51. The van der Waals surface area contributed by atoms with Crippen molar-refractivity contribution in [2.45, 2.75) is 46.2 Å². The Hall–Kier alpha value is -2.74. The number of Topliss-reactive ketones (excluding diaryl/α,β-unsaturated/α-hetero) is 1. The second-order valence-corrected chi connectivity index (χ2v) is 7.36. The van der Waals surface area contributed by atoms with Crippen LogP contribution < -0.4 is 10.6 Å². The second kappa shape index (κ2) is 7.71. The minimum atomic E-state index is -0.778. The number of hydrogen-bond acceptors (Lipinski definition) is 4. The first-order valence-electron chi connectivity index (χ1n) is 8.90. The van der Waals surface area contributed by atoms with E-state index in [1.54, 1.807) is 18.4 Å². The van der Waals surface area contributed by atoms with Crippen molar-refractivity contribution in [1.82, 2.24) is 14.9 Å². The molecule has 2 aromatic heterocycles. The van der Waals surface area contributed by atoms with Gasteiger partial charge < -0.3 is 15.2 Å². The van der Waals surface area contributed by atoms with Crippen LogP contribution in [0.5, 0.6) is 0 Å². The Labute approximate surface area is 166 Å². The number of pyridine rings is 1. The molecule has 2 N–H and O–H groups in total. The van der Waals surface area contributed by atoms with E-state index in [0.717, 1.165) is 6.42 Å². The van der Waals surface area contributed by atoms with Gasteiger partial charge in [0.25, 0.3) is 17.6 Å². The van der Waals surface area contributed by atoms with Gasteiger partial charge in [0.15, 0.2) is 0 Å². The third kappa shape index (κ3) is 3.64. The fraction of sp³-hybridized carbons (Fsp3) is 0.368. The summed E-state index contributed by atoms with van der Waals surface area (Å²) in [7, 11) is 0. The lowest BCUT2D eigenvalue weighted by Crippen LogP contribution is -2.36. The van der Waals surface area contributed by atoms with Crippen molar-refractivity contribution in [3.05, 3.63) is 45.7 Å². The van der Waals surface area contributed by atoms with Crippen molar-refractivity contribution in [1.29, 1.82) is 0 Å². The van der Waals surface area contributed by atoms with Crippen molar-refractivity contribution in [2.24, 2.45) is 0 Å². The summed E-state index contributed by atoms with van der Waals surface area (Å²) in [4.78, 5) is 41.2. The summed E-state index contributed by atoms with van der Waals surface area (Å²) >= 11 is 6.38. The molecule has 0 aromatic carbocycles. The first-order chi connectivity index (χ1) is 13.2. The van der Waals surface area contributed by atoms with Crippen molar-refractivity contribution in [2.75, 3.05) is 5.32 Å². The van der Waals surface area contributed by atoms with Crippen LogP contribution in [0.2, 0.25) is 5.02 Å². The Bertz CT molecular complexity index is 984. The normalized spacial score (nSPS) is 12.8. The van der Waals surface area contributed by atoms with Crippen molar-refractivity contribution in [3.63, 3.8) is 0 Å². The predicted octanol–water partition coefficient (Wildman–Crippen LogP) is 2.89. The van der Waals surface area contributed by atoms with E-state index in [9.17, 15) is 18.8 Å². The van der Waals surface area contributed by atoms with Gasteiger partial charge in [-0.15, -0.1) is 0 Å². The molecule has 9 heteroatoms. The van der Waals surface area contributed by atoms with E-state index < -0.39 is 23.5 Å². The van der Waals surface area contributed by atoms with Crippen molar-refractivity contribution in [3.8, 4) is 0 Å². The Morgan fingerprint density at radius 1 is 1.32 bits per heavy atom. The van der Waals surface area contributed by atoms with Crippen molar-refractivity contribution < 1.29 is 18.8 Å². The van der Waals surface area contributed by atoms with Gasteiger partial charge in [0.1, 0.15) is 5.69 Å². The minimum absolute atomic E-state index is 0.0193. The molecule has 28 heavy (non-hydrogen) atoms. The summed E-state index contributed by atoms with van der Waals surface area (Å²) in [5.41, 5.74) is 1.37. The number of fused-ring (bicyclic) bond motifs is 1. The van der Waals surface area contributed by atoms with Crippen LogP contribution in [-0.4, -0.2) is 33.2 Å². The van der Waals surface area contributed by atoms with Gasteiger partial charge in [-0.3, -0.25) is 14.4 Å². The average molecular weight is 407 g/mol. The van der Waals surface area contributed by atoms with E-state index in [4.69, 9.17) is 11.6 Å². The van der Waals surface area contributed by atoms with Gasteiger partial charge in [0, 0.05) is 23.8 Å². The molecule has 0 saturated heterocycles. The standard InChI is InChI=1S/C19H20ClFN4O3/c1-9(2)23-19(28)16(26)15-14(20)13(12-5-4-6-25(12)15)18(27)24-11-7-10(3)17(21)22-8-11/h7-9H,4-6H2,1-3H3,(H,23,28)(H,24,27). The lowest BCUT2D eigenvalue weighted by molar-refractivity contribution is -0.117. The number of carbonyl (C=O) groups is 3. The summed E-state index contributed by atoms with van der Waals surface area (Å²) in [6.07, 6.45) is 2.49. The number of aromatic nitrogens is 2. The van der Waals surface area contributed by atoms with Crippen LogP contribution in [0.1, 0.15) is 52.4 Å². The summed E-state index contributed by atoms with van der Waals surface area (Å²) in [6.45, 7) is 5.51. The topological polar surface area (TPSA) is 93.1 Å². The summed E-state index contributed by atoms with van der Waals surface area (Å²) in [6, 6.07) is 1.24. The lowest BCUT2D eigenvalue weighted by Gasteiger charge is -2.09. The summed E-state index contributed by atoms with van der Waals surface area (Å²) in [5.74, 6) is -2.70. The van der Waals surface area contributed by atoms with Gasteiger partial charge in [-0.1, -0.05) is 11.6 Å². The van der Waals surface area contributed by atoms with E-state index in [-0.39, 0.29) is 27.9 Å². The molecule has 0 fully saturated rings. The second-order valence-electron chi connectivity index (χ2n) is 6.98. The zero-order valence-electron chi connectivity index (χ0n) is 15.7. The van der Waals surface area contributed by atoms with Gasteiger partial charge >= 0.3 is 0 Å². The molecule has 0 bridgehead atoms. The molecule has 1 aliphatic heterocycles. The molecule has 2 aromatic rings. The molecule has 7 nitrogen and oxygen atoms in total. The number of ketones is 1. The number of anilines is 1. The zero-order chi connectivity index (χ0) is 20.6. The number of halogens is 2. The molecule has 0 unspecified atom stereocenters. The Morgan fingerprint density at radius 3 is 2.68 bits per heavy atom. The maximum atomic E-state index is 13.3. The number of amides is 2. The Morgan fingerprint density at radius 2 is 2.04 bits per heavy atom. The molecule has 0 aliphatic carbocycles. The molecule has 2 amide bonds. The fourth-order valence-electron chi connectivity index (χ4n) is 3.25. The van der Waals surface area contributed by atoms with Gasteiger partial charge in [-0.2, -0.15) is 4.39 Å². The molecular formula is C19H20ClFN4O3. The quantitative estimate of drug-likeness (QED) is 0.453. The molecule has 3 rings (SSSR count). The number of aryl methyl sites for hydroxylation is 1. The third-order valence-electron chi connectivity index (χ3n) is 4.45. The van der Waals surface area contributed by atoms with E-state index in [1.165, 1.54) is 19.2 Å². The van der Waals surface area contributed by atoms with Crippen LogP contribution in [0.15, 0.2) is 12.3 Å². The minimum Gasteiger partial charge on any atom is -0.347 e. The van der Waals surface area contributed by atoms with Crippen LogP contribution >= 0.6 is 11.6 Å². The van der Waals surface area contributed by atoms with Gasteiger partial charge in [0.05, 0.1) is 22.5 Å². The summed E-state index contributed by atoms with van der Waals surface area (Å²) < 4.78 is 15.0. The fourth-order valence-corrected chi connectivity index (χ4v) is 3.64. The highest BCUT2D eigenvalue weighted by molar-refractivity contribution is 6.48. The van der Waals surface area contributed by atoms with Gasteiger partial charge in [0.2, 0.25) is 5.95 Å². The molecule has 0 atom stereocenters. The summed E-state index contributed by atoms with van der Waals surface area (Å²) in [5, 5.41) is 5.12. The van der Waals surface area contributed by atoms with Crippen LogP contribution in [0.4, 0.5) is 10.1 Å². The zero-order valence-corrected chi connectivity index (χ0v) is 16.5. The monoisotopic (exact) mass is 406 g/mol. The smallest absolute Gasteiger partial charge is 0.294 e. The van der Waals surface area contributed by atoms with Crippen LogP contribution in [-0.2, 0) is 17.8 Å². The number of nitrogens with zero attached hydrogens (tertiary/aromatic N) is 2. The largest absolute Gasteiger partial charge is 0.347 e. The maximum absolute atomic E-state index is 13.3. The number of hydrogen-bond donors (Lipinski definition) is 2. The number of rotatable bonds is 5. The maximum Gasteiger partial charge on any atom is 0.294 e. The van der Waals surface area contributed by atoms with E-state index in [1.807, 2.05) is 0 Å². The predicted molar refractivity (Wildman–Crippen MR) is 102 cm³/mol. The van der Waals surface area contributed by atoms with Crippen molar-refractivity contribution >= 4 is 34.9 Å². The highest BCUT2D eigenvalue weighted by atomic mass is 35.5. The van der Waals surface area contributed by atoms with Crippen LogP contribution in [0.3, 0.4) is 0 Å². The van der Waals surface area contributed by atoms with Gasteiger partial charge in [-0.25, -0.2) is 4.98 Å². The van der Waals surface area contributed by atoms with Crippen LogP contribution in [0.25, 0.3) is 0 Å². The first kappa shape index (κ1) is 20.0. The molecule has 0 radical (unpaired) electrons. The average Bonchev–Trinajstić information content (AvgIpc) is 3.16. The molecular weight excluding hydrogens is 387 g/mol. The van der Waals surface area contributed by atoms with E-state index in [0.29, 0.717) is 24.3 Å². The first-order valence-corrected chi connectivity index (χ1v) is 9.28. The third-order valence-corrected chi connectivity index (χ3v) is 4.82. The highest BCUT2D eigenvalue weighted by Gasteiger charge is 2.34. The number of carbonyl (C=O) groups excluding carboxylic acids is 3. The van der Waals surface area contributed by atoms with Gasteiger partial charge in [-0.05, 0) is 39.7 Å². The van der Waals surface area contributed by atoms with E-state index >= 15 is 0 Å². The molecule has 0 saturated carbocycles. The Balaban J connectivity index is 1.96. The molecule has 3 heterocycles. The SMILES string of the molecule is Cc1cc(NC(=O)c2c(Cl)c(C(=O)C(=O)NC(C)C)n3c2CCC3)cnc1F. The van der Waals surface area contributed by atoms with Crippen LogP contribution in [0, 0.1) is 12.9 Å². The van der Waals surface area contributed by atoms with E-state index in [2.05, 4.69) is 15.6 Å². The molecule has 0 spiro atoms. The number of nitrogens with one attached hydrogen (secondary N) is 2. The lowest BCUT2D eigenvalue weighted by atomic mass is 10.1. The molecule has 1 aliphatic rings.